The monoisotopic (exact) mass is 466 g/mol. The lowest BCUT2D eigenvalue weighted by molar-refractivity contribution is -0.122. The Kier molecular flexibility index (Phi) is 6.11. The molecule has 172 valence electrons. The largest absolute Gasteiger partial charge is 0.493 e. The van der Waals surface area contributed by atoms with Crippen molar-refractivity contribution in [1.82, 2.24) is 10.2 Å². The van der Waals surface area contributed by atoms with E-state index < -0.39 is 0 Å². The van der Waals surface area contributed by atoms with Crippen molar-refractivity contribution < 1.29 is 23.7 Å². The molecule has 8 heteroatoms. The molecule has 0 spiro atoms. The molecule has 3 heterocycles. The molecule has 1 aromatic heterocycles. The normalized spacial score (nSPS) is 16.8. The number of fused-ring (bicyclic) bond motifs is 2. The SMILES string of the molecule is COc1cc2c(cc1OC)C(c1cccs1)N(CC(=O)NCc1ccc3c(c1)OCO3)CC2. The number of benzene rings is 2. The third-order valence-corrected chi connectivity index (χ3v) is 6.98. The zero-order chi connectivity index (χ0) is 22.8. The van der Waals surface area contributed by atoms with Crippen molar-refractivity contribution in [2.24, 2.45) is 0 Å². The van der Waals surface area contributed by atoms with E-state index >= 15 is 0 Å². The molecule has 1 N–H and O–H groups in total. The van der Waals surface area contributed by atoms with Crippen LogP contribution in [0.15, 0.2) is 47.8 Å². The van der Waals surface area contributed by atoms with Gasteiger partial charge in [-0.3, -0.25) is 9.69 Å². The first-order valence-corrected chi connectivity index (χ1v) is 11.7. The lowest BCUT2D eigenvalue weighted by atomic mass is 9.91. The zero-order valence-electron chi connectivity index (χ0n) is 18.6. The number of nitrogens with zero attached hydrogens (tertiary/aromatic N) is 1. The van der Waals surface area contributed by atoms with E-state index in [0.29, 0.717) is 18.8 Å². The van der Waals surface area contributed by atoms with Crippen molar-refractivity contribution in [1.29, 1.82) is 0 Å². The lowest BCUT2D eigenvalue weighted by Gasteiger charge is -2.37. The highest BCUT2D eigenvalue weighted by Crippen LogP contribution is 2.42. The van der Waals surface area contributed by atoms with Crippen molar-refractivity contribution in [3.8, 4) is 23.0 Å². The highest BCUT2D eigenvalue weighted by molar-refractivity contribution is 7.10. The van der Waals surface area contributed by atoms with Crippen LogP contribution in [0.5, 0.6) is 23.0 Å². The number of nitrogens with one attached hydrogen (secondary N) is 1. The summed E-state index contributed by atoms with van der Waals surface area (Å²) in [6, 6.07) is 14.0. The number of carbonyl (C=O) groups is 1. The number of rotatable bonds is 7. The van der Waals surface area contributed by atoms with E-state index in [4.69, 9.17) is 18.9 Å². The maximum atomic E-state index is 12.9. The van der Waals surface area contributed by atoms with Crippen molar-refractivity contribution in [2.45, 2.75) is 19.0 Å². The van der Waals surface area contributed by atoms with Gasteiger partial charge in [-0.05, 0) is 58.8 Å². The fraction of sp³-hybridized carbons (Fsp3) is 0.320. The van der Waals surface area contributed by atoms with Crippen LogP contribution in [0.2, 0.25) is 0 Å². The van der Waals surface area contributed by atoms with Crippen LogP contribution in [0.3, 0.4) is 0 Å². The number of amides is 1. The molecular formula is C25H26N2O5S. The van der Waals surface area contributed by atoms with Crippen LogP contribution in [0.25, 0.3) is 0 Å². The summed E-state index contributed by atoms with van der Waals surface area (Å²) in [6.45, 7) is 1.76. The zero-order valence-corrected chi connectivity index (χ0v) is 19.4. The second kappa shape index (κ2) is 9.33. The molecule has 0 radical (unpaired) electrons. The molecule has 2 aliphatic rings. The van der Waals surface area contributed by atoms with Gasteiger partial charge in [-0.15, -0.1) is 11.3 Å². The minimum Gasteiger partial charge on any atom is -0.493 e. The molecule has 0 aliphatic carbocycles. The Morgan fingerprint density at radius 3 is 2.73 bits per heavy atom. The lowest BCUT2D eigenvalue weighted by Crippen LogP contribution is -2.42. The van der Waals surface area contributed by atoms with Gasteiger partial charge >= 0.3 is 0 Å². The third kappa shape index (κ3) is 4.36. The highest BCUT2D eigenvalue weighted by Gasteiger charge is 2.32. The van der Waals surface area contributed by atoms with E-state index in [9.17, 15) is 4.79 Å². The Hall–Kier alpha value is -3.23. The van der Waals surface area contributed by atoms with Crippen LogP contribution in [0.4, 0.5) is 0 Å². The molecule has 5 rings (SSSR count). The van der Waals surface area contributed by atoms with E-state index in [1.54, 1.807) is 25.6 Å². The summed E-state index contributed by atoms with van der Waals surface area (Å²) in [5.41, 5.74) is 3.36. The molecule has 1 unspecified atom stereocenters. The predicted molar refractivity (Wildman–Crippen MR) is 125 cm³/mol. The highest BCUT2D eigenvalue weighted by atomic mass is 32.1. The maximum absolute atomic E-state index is 12.9. The molecular weight excluding hydrogens is 440 g/mol. The van der Waals surface area contributed by atoms with Crippen molar-refractivity contribution in [3.05, 3.63) is 69.4 Å². The van der Waals surface area contributed by atoms with E-state index in [2.05, 4.69) is 33.8 Å². The fourth-order valence-corrected chi connectivity index (χ4v) is 5.32. The molecule has 0 saturated carbocycles. The summed E-state index contributed by atoms with van der Waals surface area (Å²) in [5.74, 6) is 2.88. The van der Waals surface area contributed by atoms with Crippen LogP contribution in [0, 0.1) is 0 Å². The van der Waals surface area contributed by atoms with E-state index in [-0.39, 0.29) is 18.7 Å². The predicted octanol–water partition coefficient (Wildman–Crippen LogP) is 3.76. The number of ether oxygens (including phenoxy) is 4. The third-order valence-electron chi connectivity index (χ3n) is 6.06. The molecule has 7 nitrogen and oxygen atoms in total. The fourth-order valence-electron chi connectivity index (χ4n) is 4.44. The van der Waals surface area contributed by atoms with Gasteiger partial charge in [-0.1, -0.05) is 12.1 Å². The van der Waals surface area contributed by atoms with Gasteiger partial charge in [0.15, 0.2) is 23.0 Å². The smallest absolute Gasteiger partial charge is 0.234 e. The summed E-state index contributed by atoms with van der Waals surface area (Å²) < 4.78 is 21.9. The number of thiophene rings is 1. The Morgan fingerprint density at radius 1 is 1.12 bits per heavy atom. The number of hydrogen-bond acceptors (Lipinski definition) is 7. The first kappa shape index (κ1) is 21.6. The first-order chi connectivity index (χ1) is 16.2. The van der Waals surface area contributed by atoms with Gasteiger partial charge < -0.3 is 24.3 Å². The molecule has 0 fully saturated rings. The van der Waals surface area contributed by atoms with Crippen LogP contribution >= 0.6 is 11.3 Å². The van der Waals surface area contributed by atoms with Crippen LogP contribution in [-0.2, 0) is 17.8 Å². The average molecular weight is 467 g/mol. The van der Waals surface area contributed by atoms with Crippen LogP contribution in [0.1, 0.15) is 27.6 Å². The molecule has 2 aromatic carbocycles. The molecule has 1 atom stereocenters. The maximum Gasteiger partial charge on any atom is 0.234 e. The molecule has 0 bridgehead atoms. The van der Waals surface area contributed by atoms with Gasteiger partial charge in [0, 0.05) is 18.0 Å². The van der Waals surface area contributed by atoms with Crippen LogP contribution in [-0.4, -0.2) is 44.9 Å². The Balaban J connectivity index is 1.33. The summed E-state index contributed by atoms with van der Waals surface area (Å²) in [6.07, 6.45) is 0.840. The van der Waals surface area contributed by atoms with Gasteiger partial charge in [-0.25, -0.2) is 0 Å². The Labute approximate surface area is 196 Å². The van der Waals surface area contributed by atoms with Gasteiger partial charge in [0.25, 0.3) is 0 Å². The second-order valence-electron chi connectivity index (χ2n) is 8.01. The molecule has 1 amide bonds. The average Bonchev–Trinajstić information content (AvgIpc) is 3.53. The number of carbonyl (C=O) groups excluding carboxylic acids is 1. The van der Waals surface area contributed by atoms with Gasteiger partial charge in [0.1, 0.15) is 0 Å². The second-order valence-corrected chi connectivity index (χ2v) is 8.99. The summed E-state index contributed by atoms with van der Waals surface area (Å²) >= 11 is 1.70. The van der Waals surface area contributed by atoms with Gasteiger partial charge in [0.2, 0.25) is 12.7 Å². The summed E-state index contributed by atoms with van der Waals surface area (Å²) in [4.78, 5) is 16.4. The number of hydrogen-bond donors (Lipinski definition) is 1. The van der Waals surface area contributed by atoms with E-state index in [0.717, 1.165) is 41.3 Å². The van der Waals surface area contributed by atoms with E-state index in [1.165, 1.54) is 10.4 Å². The Morgan fingerprint density at radius 2 is 1.94 bits per heavy atom. The van der Waals surface area contributed by atoms with Gasteiger partial charge in [-0.2, -0.15) is 0 Å². The first-order valence-electron chi connectivity index (χ1n) is 10.8. The quantitative estimate of drug-likeness (QED) is 0.572. The van der Waals surface area contributed by atoms with Crippen molar-refractivity contribution in [2.75, 3.05) is 34.1 Å². The minimum absolute atomic E-state index is 0.00940. The van der Waals surface area contributed by atoms with Crippen LogP contribution < -0.4 is 24.3 Å². The Bertz CT molecular complexity index is 1150. The topological polar surface area (TPSA) is 69.3 Å². The number of methoxy groups -OCH3 is 2. The summed E-state index contributed by atoms with van der Waals surface area (Å²) in [7, 11) is 3.30. The molecule has 3 aromatic rings. The molecule has 2 aliphatic heterocycles. The molecule has 33 heavy (non-hydrogen) atoms. The van der Waals surface area contributed by atoms with Gasteiger partial charge in [0.05, 0.1) is 26.8 Å². The summed E-state index contributed by atoms with van der Waals surface area (Å²) in [5, 5.41) is 5.12. The van der Waals surface area contributed by atoms with E-state index in [1.807, 2.05) is 24.3 Å². The molecule has 0 saturated heterocycles. The standard InChI is InChI=1S/C25H26N2O5S/c1-29-20-11-17-7-8-27(25(23-4-3-9-33-23)18(17)12-21(20)30-2)14-24(28)26-13-16-5-6-19-22(10-16)32-15-31-19/h3-6,9-12,25H,7-8,13-15H2,1-2H3,(H,26,28). The minimum atomic E-state index is -0.0156. The van der Waals surface area contributed by atoms with Crippen molar-refractivity contribution in [3.63, 3.8) is 0 Å². The van der Waals surface area contributed by atoms with Crippen molar-refractivity contribution >= 4 is 17.2 Å².